The molecule has 0 aromatic heterocycles. The Hall–Kier alpha value is -1.69. The van der Waals surface area contributed by atoms with Gasteiger partial charge in [-0.05, 0) is 18.2 Å². The van der Waals surface area contributed by atoms with E-state index in [1.54, 1.807) is 0 Å². The van der Waals surface area contributed by atoms with Gasteiger partial charge in [0.25, 0.3) is 5.92 Å². The van der Waals surface area contributed by atoms with Gasteiger partial charge < -0.3 is 15.5 Å². The molecule has 0 heterocycles. The van der Waals surface area contributed by atoms with Gasteiger partial charge in [-0.15, -0.1) is 0 Å². The van der Waals surface area contributed by atoms with Gasteiger partial charge in [-0.1, -0.05) is 6.07 Å². The van der Waals surface area contributed by atoms with Gasteiger partial charge in [-0.2, -0.15) is 0 Å². The minimum absolute atomic E-state index is 0.0114. The summed E-state index contributed by atoms with van der Waals surface area (Å²) in [6.07, 6.45) is 0. The number of hydrogen-bond acceptors (Lipinski definition) is 3. The van der Waals surface area contributed by atoms with Gasteiger partial charge in [0.2, 0.25) is 0 Å². The predicted molar refractivity (Wildman–Crippen MR) is 53.9 cm³/mol. The Morgan fingerprint density at radius 3 is 2.69 bits per heavy atom. The average molecular weight is 231 g/mol. The molecule has 1 aromatic rings. The first kappa shape index (κ1) is 12.4. The molecule has 0 aliphatic heterocycles. The first-order valence-electron chi connectivity index (χ1n) is 4.50. The summed E-state index contributed by atoms with van der Waals surface area (Å²) in [4.78, 5) is 10.6. The van der Waals surface area contributed by atoms with E-state index in [2.05, 4.69) is 5.32 Å². The van der Waals surface area contributed by atoms with Crippen molar-refractivity contribution < 1.29 is 23.8 Å². The van der Waals surface area contributed by atoms with E-state index in [1.165, 1.54) is 24.3 Å². The van der Waals surface area contributed by atoms with Gasteiger partial charge in [0.1, 0.15) is 6.61 Å². The number of hydrogen-bond donors (Lipinski definition) is 3. The molecule has 0 amide bonds. The molecular weight excluding hydrogens is 220 g/mol. The summed E-state index contributed by atoms with van der Waals surface area (Å²) in [5.41, 5.74) is 0.283. The van der Waals surface area contributed by atoms with Crippen molar-refractivity contribution in [3.05, 3.63) is 29.8 Å². The molecule has 0 aliphatic carbocycles. The molecule has 0 fully saturated rings. The highest BCUT2D eigenvalue weighted by atomic mass is 19.3. The summed E-state index contributed by atoms with van der Waals surface area (Å²) in [5, 5.41) is 19.4. The highest BCUT2D eigenvalue weighted by Gasteiger charge is 2.27. The number of carbonyl (C=O) groups is 1. The molecule has 3 N–H and O–H groups in total. The van der Waals surface area contributed by atoms with E-state index in [9.17, 15) is 13.6 Å². The van der Waals surface area contributed by atoms with Crippen molar-refractivity contribution in [2.45, 2.75) is 5.92 Å². The molecule has 16 heavy (non-hydrogen) atoms. The van der Waals surface area contributed by atoms with Crippen molar-refractivity contribution in [2.24, 2.45) is 0 Å². The second kappa shape index (κ2) is 4.89. The van der Waals surface area contributed by atoms with Gasteiger partial charge >= 0.3 is 5.97 Å². The highest BCUT2D eigenvalue weighted by molar-refractivity contribution is 5.88. The topological polar surface area (TPSA) is 69.6 Å². The third-order valence-corrected chi connectivity index (χ3v) is 1.89. The number of alkyl halides is 2. The molecule has 0 radical (unpaired) electrons. The summed E-state index contributed by atoms with van der Waals surface area (Å²) in [7, 11) is 0. The van der Waals surface area contributed by atoms with E-state index in [4.69, 9.17) is 10.2 Å². The van der Waals surface area contributed by atoms with Gasteiger partial charge in [0.05, 0.1) is 12.1 Å². The van der Waals surface area contributed by atoms with E-state index in [-0.39, 0.29) is 11.3 Å². The number of aromatic carboxylic acids is 1. The fraction of sp³-hybridized carbons (Fsp3) is 0.300. The zero-order valence-electron chi connectivity index (χ0n) is 8.28. The zero-order chi connectivity index (χ0) is 12.2. The van der Waals surface area contributed by atoms with E-state index in [1.807, 2.05) is 0 Å². The van der Waals surface area contributed by atoms with E-state index < -0.39 is 25.0 Å². The number of aliphatic hydroxyl groups is 1. The van der Waals surface area contributed by atoms with Crippen LogP contribution in [-0.2, 0) is 0 Å². The molecule has 4 nitrogen and oxygen atoms in total. The Morgan fingerprint density at radius 1 is 1.44 bits per heavy atom. The SMILES string of the molecule is O=C(O)c1cccc(NCC(F)(F)CO)c1. The number of anilines is 1. The van der Waals surface area contributed by atoms with Crippen LogP contribution in [0.25, 0.3) is 0 Å². The molecule has 0 aliphatic rings. The lowest BCUT2D eigenvalue weighted by atomic mass is 10.2. The largest absolute Gasteiger partial charge is 0.478 e. The lowest BCUT2D eigenvalue weighted by molar-refractivity contribution is -0.0372. The van der Waals surface area contributed by atoms with Crippen LogP contribution in [0.15, 0.2) is 24.3 Å². The predicted octanol–water partition coefficient (Wildman–Crippen LogP) is 1.42. The van der Waals surface area contributed by atoms with Crippen LogP contribution < -0.4 is 5.32 Å². The van der Waals surface area contributed by atoms with Crippen LogP contribution in [0.3, 0.4) is 0 Å². The van der Waals surface area contributed by atoms with Crippen LogP contribution >= 0.6 is 0 Å². The summed E-state index contributed by atoms with van der Waals surface area (Å²) >= 11 is 0. The fourth-order valence-corrected chi connectivity index (χ4v) is 1.05. The van der Waals surface area contributed by atoms with Crippen molar-refractivity contribution in [1.29, 1.82) is 0 Å². The number of aliphatic hydroxyl groups excluding tert-OH is 1. The Balaban J connectivity index is 2.68. The number of benzene rings is 1. The maximum Gasteiger partial charge on any atom is 0.335 e. The summed E-state index contributed by atoms with van der Waals surface area (Å²) in [6.45, 7) is -1.99. The lowest BCUT2D eigenvalue weighted by Gasteiger charge is -2.14. The van der Waals surface area contributed by atoms with Crippen LogP contribution in [0.2, 0.25) is 0 Å². The van der Waals surface area contributed by atoms with Crippen LogP contribution in [0.4, 0.5) is 14.5 Å². The Labute approximate surface area is 90.5 Å². The molecule has 1 rings (SSSR count). The van der Waals surface area contributed by atoms with Crippen LogP contribution in [-0.4, -0.2) is 35.3 Å². The quantitative estimate of drug-likeness (QED) is 0.716. The van der Waals surface area contributed by atoms with Crippen LogP contribution in [0.5, 0.6) is 0 Å². The van der Waals surface area contributed by atoms with E-state index in [0.29, 0.717) is 0 Å². The maximum atomic E-state index is 12.7. The van der Waals surface area contributed by atoms with E-state index >= 15 is 0 Å². The standard InChI is InChI=1S/C10H11F2NO3/c11-10(12,6-14)5-13-8-3-1-2-7(4-8)9(15)16/h1-4,13-14H,5-6H2,(H,15,16). The van der Waals surface area contributed by atoms with Gasteiger partial charge in [-0.3, -0.25) is 0 Å². The van der Waals surface area contributed by atoms with Crippen molar-refractivity contribution in [3.63, 3.8) is 0 Å². The second-order valence-corrected chi connectivity index (χ2v) is 3.25. The molecule has 0 unspecified atom stereocenters. The third kappa shape index (κ3) is 3.47. The molecule has 0 spiro atoms. The van der Waals surface area contributed by atoms with Crippen molar-refractivity contribution in [1.82, 2.24) is 0 Å². The summed E-state index contributed by atoms with van der Waals surface area (Å²) in [6, 6.07) is 5.52. The molecule has 0 saturated heterocycles. The highest BCUT2D eigenvalue weighted by Crippen LogP contribution is 2.15. The van der Waals surface area contributed by atoms with Gasteiger partial charge in [-0.25, -0.2) is 13.6 Å². The second-order valence-electron chi connectivity index (χ2n) is 3.25. The number of nitrogens with one attached hydrogen (secondary N) is 1. The van der Waals surface area contributed by atoms with Crippen molar-refractivity contribution in [2.75, 3.05) is 18.5 Å². The molecule has 0 bridgehead atoms. The maximum absolute atomic E-state index is 12.7. The molecule has 0 saturated carbocycles. The summed E-state index contributed by atoms with van der Waals surface area (Å²) in [5.74, 6) is -4.35. The Morgan fingerprint density at radius 2 is 2.12 bits per heavy atom. The Kier molecular flexibility index (Phi) is 3.78. The first-order chi connectivity index (χ1) is 7.44. The van der Waals surface area contributed by atoms with Gasteiger partial charge in [0.15, 0.2) is 0 Å². The smallest absolute Gasteiger partial charge is 0.335 e. The third-order valence-electron chi connectivity index (χ3n) is 1.89. The van der Waals surface area contributed by atoms with E-state index in [0.717, 1.165) is 0 Å². The first-order valence-corrected chi connectivity index (χ1v) is 4.50. The van der Waals surface area contributed by atoms with Crippen LogP contribution in [0.1, 0.15) is 10.4 Å². The molecule has 1 aromatic carbocycles. The van der Waals surface area contributed by atoms with Crippen molar-refractivity contribution >= 4 is 11.7 Å². The fourth-order valence-electron chi connectivity index (χ4n) is 1.05. The Bertz CT molecular complexity index is 382. The van der Waals surface area contributed by atoms with Crippen LogP contribution in [0, 0.1) is 0 Å². The number of carboxylic acid groups (broad SMARTS) is 1. The minimum Gasteiger partial charge on any atom is -0.478 e. The zero-order valence-corrected chi connectivity index (χ0v) is 8.28. The number of carboxylic acids is 1. The monoisotopic (exact) mass is 231 g/mol. The molecular formula is C10H11F2NO3. The number of rotatable bonds is 5. The van der Waals surface area contributed by atoms with Crippen molar-refractivity contribution in [3.8, 4) is 0 Å². The molecule has 88 valence electrons. The van der Waals surface area contributed by atoms with Gasteiger partial charge in [0, 0.05) is 5.69 Å². The average Bonchev–Trinajstić information content (AvgIpc) is 2.27. The molecule has 6 heteroatoms. The number of halogens is 2. The lowest BCUT2D eigenvalue weighted by Crippen LogP contribution is -2.31. The normalized spacial score (nSPS) is 11.2. The molecule has 0 atom stereocenters. The minimum atomic E-state index is -3.22. The summed E-state index contributed by atoms with van der Waals surface area (Å²) < 4.78 is 25.3.